The van der Waals surface area contributed by atoms with Gasteiger partial charge < -0.3 is 38.5 Å². The van der Waals surface area contributed by atoms with Crippen LogP contribution in [0.4, 0.5) is 0 Å². The van der Waals surface area contributed by atoms with Crippen LogP contribution in [0.15, 0.2) is 145 Å². The number of carbonyl (C=O) groups is 3. The van der Waals surface area contributed by atoms with Crippen LogP contribution in [-0.4, -0.2) is 64.4 Å². The number of para-hydroxylation sites is 3. The summed E-state index contributed by atoms with van der Waals surface area (Å²) in [4.78, 5) is 39.0. The van der Waals surface area contributed by atoms with Crippen LogP contribution in [0.2, 0.25) is 0 Å². The van der Waals surface area contributed by atoms with Gasteiger partial charge in [-0.1, -0.05) is 85.9 Å². The number of rotatable bonds is 18. The van der Waals surface area contributed by atoms with E-state index in [1.165, 1.54) is 11.4 Å². The van der Waals surface area contributed by atoms with E-state index in [1.54, 1.807) is 65.1 Å². The third-order valence-corrected chi connectivity index (χ3v) is 16.4. The lowest BCUT2D eigenvalue weighted by Gasteiger charge is -2.26. The van der Waals surface area contributed by atoms with Gasteiger partial charge >= 0.3 is 17.9 Å². The summed E-state index contributed by atoms with van der Waals surface area (Å²) in [6, 6.07) is 37.6. The first-order chi connectivity index (χ1) is 33.2. The maximum Gasteiger partial charge on any atom is 0.323 e. The van der Waals surface area contributed by atoms with Crippen molar-refractivity contribution in [3.63, 3.8) is 0 Å². The molecule has 5 aromatic rings. The van der Waals surface area contributed by atoms with Crippen LogP contribution in [0.3, 0.4) is 0 Å². The number of carbonyl (C=O) groups excluding carboxylic acids is 3. The minimum absolute atomic E-state index is 0. The molecule has 13 nitrogen and oxygen atoms in total. The van der Waals surface area contributed by atoms with Crippen molar-refractivity contribution in [1.82, 2.24) is 15.1 Å². The van der Waals surface area contributed by atoms with Gasteiger partial charge in [0.05, 0.1) is 24.2 Å². The van der Waals surface area contributed by atoms with Crippen molar-refractivity contribution < 1.29 is 42.2 Å². The summed E-state index contributed by atoms with van der Waals surface area (Å²) in [7, 11) is 0. The minimum Gasteiger partial charge on any atom is -0.463 e. The average Bonchev–Trinajstić information content (AvgIpc) is 3.27. The molecule has 0 saturated carbocycles. The number of halogens is 4. The molecule has 72 heavy (non-hydrogen) atoms. The first-order valence-electron chi connectivity index (χ1n) is 21.7. The Morgan fingerprint density at radius 1 is 0.625 bits per heavy atom. The molecule has 3 aromatic carbocycles. The molecule has 0 spiro atoms. The number of aromatic nitrogens is 2. The van der Waals surface area contributed by atoms with Gasteiger partial charge in [0.15, 0.2) is 5.62 Å². The molecule has 0 aliphatic carbocycles. The third kappa shape index (κ3) is 35.5. The predicted octanol–water partition coefficient (Wildman–Crippen LogP) is 14.8. The molecule has 1 unspecified atom stereocenters. The number of hydrogen-bond acceptors (Lipinski definition) is 16. The van der Waals surface area contributed by atoms with Crippen LogP contribution >= 0.6 is 85.9 Å². The second kappa shape index (κ2) is 37.2. The van der Waals surface area contributed by atoms with E-state index in [1.807, 2.05) is 137 Å². The van der Waals surface area contributed by atoms with Gasteiger partial charge in [-0.15, -0.1) is 12.4 Å². The largest absolute Gasteiger partial charge is 0.463 e. The normalized spacial score (nSPS) is 13.4. The van der Waals surface area contributed by atoms with Gasteiger partial charge in [0, 0.05) is 18.6 Å². The molecule has 0 bridgehead atoms. The standard InChI is InChI=1S/C17H21N2O3PS2.C13H18ClO3PS.C6H5Cl2OPS.C6H13NO2.C5H5NS.ClH/c1-13(2)21-17(20)14(3)19-23(24,22-15-9-5-4-6-10-15)25-16-11-7-8-12-18-16;1-10(2)16-13(15)11(3)9-18(14,19)17-12-7-5-4-6-8-12;7-10(8,11)9-6-4-2-1-3-5-6;1-4(2)9-6(8)5(3)7;7-5-3-1-2-4-6-5;/h4-14H,1-3H3,(H,19,24);4-8,10-11H,9H2,1-3H3;1-5H;4-5H,7H2,1-3H3;1-4H,(H,6,7);1H/t14-,23-;11-,18?;;5-;;/m01.0../s1. The molecule has 25 heteroatoms. The Bertz CT molecular complexity index is 2450. The second-order valence-corrected chi connectivity index (χ2v) is 35.1. The van der Waals surface area contributed by atoms with Crippen LogP contribution in [-0.2, 0) is 64.0 Å². The van der Waals surface area contributed by atoms with Crippen molar-refractivity contribution in [2.24, 2.45) is 11.7 Å². The van der Waals surface area contributed by atoms with Crippen LogP contribution in [0.5, 0.6) is 17.2 Å². The van der Waals surface area contributed by atoms with E-state index in [0.717, 1.165) is 9.67 Å². The number of H-pyrrole nitrogens is 1. The summed E-state index contributed by atoms with van der Waals surface area (Å²) in [5.41, 5.74) is -0.0334. The van der Waals surface area contributed by atoms with E-state index in [2.05, 4.69) is 26.9 Å². The van der Waals surface area contributed by atoms with Crippen LogP contribution in [0, 0.1) is 10.6 Å². The average molecular weight is 1220 g/mol. The number of pyridine rings is 2. The van der Waals surface area contributed by atoms with Gasteiger partial charge in [0.2, 0.25) is 5.62 Å². The smallest absolute Gasteiger partial charge is 0.323 e. The van der Waals surface area contributed by atoms with Crippen molar-refractivity contribution in [2.45, 2.75) is 97.7 Å². The number of benzene rings is 3. The molecule has 0 radical (unpaired) electrons. The zero-order valence-electron chi connectivity index (χ0n) is 41.1. The quantitative estimate of drug-likeness (QED) is 0.0327. The molecule has 398 valence electrons. The first kappa shape index (κ1) is 69.4. The monoisotopic (exact) mass is 1220 g/mol. The van der Waals surface area contributed by atoms with Crippen LogP contribution in [0.25, 0.3) is 0 Å². The summed E-state index contributed by atoms with van der Waals surface area (Å²) in [6.07, 6.45) is 3.42. The van der Waals surface area contributed by atoms with Gasteiger partial charge in [0.25, 0.3) is 4.97 Å². The minimum atomic E-state index is -2.68. The third-order valence-electron chi connectivity index (χ3n) is 7.47. The van der Waals surface area contributed by atoms with Crippen LogP contribution < -0.4 is 24.4 Å². The fourth-order valence-corrected chi connectivity index (χ4v) is 14.0. The molecule has 0 aliphatic heterocycles. The Morgan fingerprint density at radius 2 is 1.06 bits per heavy atom. The maximum atomic E-state index is 12.1. The van der Waals surface area contributed by atoms with E-state index < -0.39 is 28.3 Å². The number of esters is 3. The zero-order valence-corrected chi connectivity index (χ0v) is 50.9. The number of nitrogens with one attached hydrogen (secondary N) is 2. The van der Waals surface area contributed by atoms with Crippen molar-refractivity contribution >= 4 is 139 Å². The maximum absolute atomic E-state index is 12.1. The number of ether oxygens (including phenoxy) is 3. The summed E-state index contributed by atoms with van der Waals surface area (Å²) in [5, 5.41) is 3.88. The summed E-state index contributed by atoms with van der Waals surface area (Å²) in [6.45, 7) is 15.9. The lowest BCUT2D eigenvalue weighted by molar-refractivity contribution is -0.151. The Hall–Kier alpha value is -2.63. The Balaban J connectivity index is 0.000000942. The van der Waals surface area contributed by atoms with Crippen LogP contribution in [0.1, 0.15) is 62.3 Å². The van der Waals surface area contributed by atoms with Gasteiger partial charge in [-0.2, -0.15) is 0 Å². The van der Waals surface area contributed by atoms with Gasteiger partial charge in [0.1, 0.15) is 39.0 Å². The number of nitrogens with two attached hydrogens (primary N) is 1. The highest BCUT2D eigenvalue weighted by Gasteiger charge is 2.29. The Labute approximate surface area is 469 Å². The topological polar surface area (TPSA) is 173 Å². The molecule has 0 saturated heterocycles. The molecule has 0 amide bonds. The van der Waals surface area contributed by atoms with Crippen molar-refractivity contribution in [3.05, 3.63) is 144 Å². The van der Waals surface area contributed by atoms with Crippen molar-refractivity contribution in [3.8, 4) is 17.2 Å². The highest BCUT2D eigenvalue weighted by Crippen LogP contribution is 2.59. The zero-order chi connectivity index (χ0) is 53.6. The fourth-order valence-electron chi connectivity index (χ4n) is 4.59. The lowest BCUT2D eigenvalue weighted by Crippen LogP contribution is -2.35. The number of nitrogens with zero attached hydrogens (tertiary/aromatic N) is 1. The molecule has 2 aromatic heterocycles. The van der Waals surface area contributed by atoms with Gasteiger partial charge in [-0.3, -0.25) is 14.4 Å². The van der Waals surface area contributed by atoms with Crippen molar-refractivity contribution in [1.29, 1.82) is 0 Å². The number of hydrogen-bond donors (Lipinski definition) is 3. The predicted molar refractivity (Wildman–Crippen MR) is 315 cm³/mol. The van der Waals surface area contributed by atoms with E-state index in [0.29, 0.717) is 23.4 Å². The lowest BCUT2D eigenvalue weighted by atomic mass is 10.2. The van der Waals surface area contributed by atoms with Crippen molar-refractivity contribution in [2.75, 3.05) is 6.16 Å². The van der Waals surface area contributed by atoms with E-state index >= 15 is 0 Å². The van der Waals surface area contributed by atoms with E-state index in [4.69, 9.17) is 103 Å². The molecule has 2 heterocycles. The SMILES string of the molecule is CC(C)OC(=O)[C@H](C)CP(=S)(Cl)Oc1ccccc1.CC(C)OC(=O)[C@H](C)N.CC(C)OC(=O)[C@H](C)N[P@@](=S)(Oc1ccccc1)Sc1ccccn1.Cl.S=P(Cl)(Cl)Oc1ccccc1.S=c1cccc[nH]1. The van der Waals surface area contributed by atoms with Gasteiger partial charge in [-0.05, 0) is 197 Å². The first-order valence-corrected chi connectivity index (χ1v) is 34.6. The van der Waals surface area contributed by atoms with E-state index in [-0.39, 0.29) is 54.5 Å². The molecule has 5 atom stereocenters. The van der Waals surface area contributed by atoms with E-state index in [9.17, 15) is 14.4 Å². The number of aromatic amines is 1. The molecule has 4 N–H and O–H groups in total. The Kier molecular flexibility index (Phi) is 35.8. The highest BCUT2D eigenvalue weighted by atomic mass is 35.9. The molecule has 0 aliphatic rings. The molecule has 0 fully saturated rings. The summed E-state index contributed by atoms with van der Waals surface area (Å²) in [5.74, 6) is 0.528. The molecular formula is C47H63Cl4N4O9P3S5. The second-order valence-electron chi connectivity index (χ2n) is 15.4. The fraction of sp³-hybridized carbons (Fsp3) is 0.340. The van der Waals surface area contributed by atoms with Gasteiger partial charge in [-0.25, -0.2) is 10.1 Å². The highest BCUT2D eigenvalue weighted by molar-refractivity contribution is 8.68. The summed E-state index contributed by atoms with van der Waals surface area (Å²) < 4.78 is 32.6. The molecular weight excluding hydrogens is 1160 g/mol. The Morgan fingerprint density at radius 3 is 1.43 bits per heavy atom. The summed E-state index contributed by atoms with van der Waals surface area (Å²) >= 11 is 39.1. The molecule has 5 rings (SSSR count).